The maximum absolute atomic E-state index is 12.8. The van der Waals surface area contributed by atoms with Crippen molar-refractivity contribution in [3.8, 4) is 17.0 Å². The lowest BCUT2D eigenvalue weighted by molar-refractivity contribution is -0.129. The van der Waals surface area contributed by atoms with Gasteiger partial charge in [0.2, 0.25) is 5.91 Å². The van der Waals surface area contributed by atoms with E-state index >= 15 is 0 Å². The van der Waals surface area contributed by atoms with Crippen LogP contribution in [0.3, 0.4) is 0 Å². The van der Waals surface area contributed by atoms with E-state index < -0.39 is 0 Å². The Kier molecular flexibility index (Phi) is 5.98. The number of hydrogen-bond acceptors (Lipinski definition) is 5. The van der Waals surface area contributed by atoms with Crippen molar-refractivity contribution in [2.75, 3.05) is 26.7 Å². The van der Waals surface area contributed by atoms with Gasteiger partial charge in [0, 0.05) is 30.9 Å². The van der Waals surface area contributed by atoms with Crippen molar-refractivity contribution in [3.63, 3.8) is 0 Å². The Balaban J connectivity index is 1.30. The third kappa shape index (κ3) is 4.23. The smallest absolute Gasteiger partial charge is 0.271 e. The summed E-state index contributed by atoms with van der Waals surface area (Å²) in [5.41, 5.74) is 3.86. The number of aromatic nitrogens is 4. The fraction of sp³-hybridized carbons (Fsp3) is 0.391. The van der Waals surface area contributed by atoms with Crippen molar-refractivity contribution in [2.45, 2.75) is 26.8 Å². The summed E-state index contributed by atoms with van der Waals surface area (Å²) in [4.78, 5) is 26.9. The lowest BCUT2D eigenvalue weighted by Gasteiger charge is -2.38. The zero-order valence-electron chi connectivity index (χ0n) is 18.8. The molecule has 1 aliphatic rings. The third-order valence-electron chi connectivity index (χ3n) is 5.76. The van der Waals surface area contributed by atoms with Crippen LogP contribution in [0.25, 0.3) is 11.3 Å². The molecule has 0 spiro atoms. The zero-order chi connectivity index (χ0) is 22.8. The molecule has 1 saturated heterocycles. The molecule has 3 aromatic rings. The minimum absolute atomic E-state index is 0.0400. The van der Waals surface area contributed by atoms with Crippen LogP contribution in [0, 0.1) is 19.8 Å². The van der Waals surface area contributed by atoms with E-state index in [9.17, 15) is 9.59 Å². The number of aromatic amines is 1. The number of methoxy groups -OCH3 is 1. The summed E-state index contributed by atoms with van der Waals surface area (Å²) < 4.78 is 7.29. The maximum Gasteiger partial charge on any atom is 0.271 e. The van der Waals surface area contributed by atoms with Crippen molar-refractivity contribution < 1.29 is 14.3 Å². The van der Waals surface area contributed by atoms with Crippen molar-refractivity contribution in [2.24, 2.45) is 5.92 Å². The second-order valence-electron chi connectivity index (χ2n) is 8.24. The number of aryl methyl sites for hydroxylation is 2. The molecule has 9 nitrogen and oxygen atoms in total. The molecule has 1 atom stereocenters. The molecule has 2 N–H and O–H groups in total. The molecule has 168 valence electrons. The van der Waals surface area contributed by atoms with Gasteiger partial charge in [-0.3, -0.25) is 19.4 Å². The largest absolute Gasteiger partial charge is 0.496 e. The fourth-order valence-corrected chi connectivity index (χ4v) is 3.98. The number of ether oxygens (including phenoxy) is 1. The minimum atomic E-state index is -0.205. The summed E-state index contributed by atoms with van der Waals surface area (Å²) in [6, 6.07) is 11.3. The molecule has 2 amide bonds. The Labute approximate surface area is 186 Å². The topological polar surface area (TPSA) is 105 Å². The van der Waals surface area contributed by atoms with E-state index in [-0.39, 0.29) is 23.8 Å². The molecule has 0 bridgehead atoms. The van der Waals surface area contributed by atoms with E-state index in [0.717, 1.165) is 17.0 Å². The van der Waals surface area contributed by atoms with Gasteiger partial charge in [-0.1, -0.05) is 12.1 Å². The van der Waals surface area contributed by atoms with Gasteiger partial charge in [-0.15, -0.1) is 0 Å². The fourth-order valence-electron chi connectivity index (χ4n) is 3.98. The molecule has 1 aromatic carbocycles. The number of amides is 2. The van der Waals surface area contributed by atoms with Crippen molar-refractivity contribution in [3.05, 3.63) is 53.5 Å². The van der Waals surface area contributed by atoms with Gasteiger partial charge in [0.15, 0.2) is 0 Å². The Morgan fingerprint density at radius 1 is 1.25 bits per heavy atom. The molecule has 32 heavy (non-hydrogen) atoms. The van der Waals surface area contributed by atoms with Gasteiger partial charge in [0.25, 0.3) is 5.91 Å². The van der Waals surface area contributed by atoms with Gasteiger partial charge >= 0.3 is 0 Å². The molecule has 9 heteroatoms. The van der Waals surface area contributed by atoms with Gasteiger partial charge in [0.05, 0.1) is 30.5 Å². The van der Waals surface area contributed by atoms with Crippen LogP contribution in [-0.4, -0.2) is 63.4 Å². The number of carbonyl (C=O) groups excluding carboxylic acids is 2. The first kappa shape index (κ1) is 21.6. The number of para-hydroxylation sites is 1. The highest BCUT2D eigenvalue weighted by atomic mass is 16.5. The Morgan fingerprint density at radius 2 is 2.00 bits per heavy atom. The minimum Gasteiger partial charge on any atom is -0.496 e. The van der Waals surface area contributed by atoms with E-state index in [1.807, 2.05) is 55.8 Å². The highest BCUT2D eigenvalue weighted by molar-refractivity contribution is 5.95. The summed E-state index contributed by atoms with van der Waals surface area (Å²) in [6.45, 7) is 7.25. The maximum atomic E-state index is 12.8. The number of nitrogens with zero attached hydrogens (tertiary/aromatic N) is 4. The lowest BCUT2D eigenvalue weighted by Crippen LogP contribution is -2.56. The summed E-state index contributed by atoms with van der Waals surface area (Å²) >= 11 is 0. The predicted octanol–water partition coefficient (Wildman–Crippen LogP) is 2.35. The predicted molar refractivity (Wildman–Crippen MR) is 119 cm³/mol. The average Bonchev–Trinajstić information content (AvgIpc) is 3.37. The monoisotopic (exact) mass is 436 g/mol. The van der Waals surface area contributed by atoms with E-state index in [2.05, 4.69) is 20.6 Å². The number of carbonyl (C=O) groups is 2. The third-order valence-corrected chi connectivity index (χ3v) is 5.76. The highest BCUT2D eigenvalue weighted by Gasteiger charge is 2.36. The molecule has 1 fully saturated rings. The molecular formula is C23H28N6O3. The van der Waals surface area contributed by atoms with E-state index in [1.54, 1.807) is 18.1 Å². The second-order valence-corrected chi connectivity index (χ2v) is 8.24. The van der Waals surface area contributed by atoms with Crippen LogP contribution in [0.15, 0.2) is 36.4 Å². The van der Waals surface area contributed by atoms with Gasteiger partial charge in [-0.05, 0) is 45.0 Å². The summed E-state index contributed by atoms with van der Waals surface area (Å²) in [5.74, 6) is 0.275. The van der Waals surface area contributed by atoms with E-state index in [0.29, 0.717) is 36.8 Å². The van der Waals surface area contributed by atoms with Gasteiger partial charge in [0.1, 0.15) is 11.4 Å². The standard InChI is InChI=1S/C23H28N6O3/c1-14-9-15(2)29(27-14)16(3)11-24-22(30)17-12-28(13-17)23(31)20-10-19(25-26-20)18-7-5-6-8-21(18)32-4/h5-10,16-17H,11-13H2,1-4H3,(H,24,30)(H,25,26). The van der Waals surface area contributed by atoms with Crippen LogP contribution in [0.2, 0.25) is 0 Å². The molecule has 0 saturated carbocycles. The summed E-state index contributed by atoms with van der Waals surface area (Å²) in [5, 5.41) is 14.5. The number of rotatable bonds is 7. The van der Waals surface area contributed by atoms with E-state index in [1.165, 1.54) is 0 Å². The van der Waals surface area contributed by atoms with Crippen molar-refractivity contribution >= 4 is 11.8 Å². The SMILES string of the molecule is COc1ccccc1-c1cc(C(=O)N2CC(C(=O)NCC(C)n3nc(C)cc3C)C2)[nH]n1. The number of hydrogen-bond donors (Lipinski definition) is 2. The summed E-state index contributed by atoms with van der Waals surface area (Å²) in [6.07, 6.45) is 0. The molecule has 1 unspecified atom stereocenters. The number of benzene rings is 1. The van der Waals surface area contributed by atoms with Gasteiger partial charge in [-0.25, -0.2) is 0 Å². The number of likely N-dealkylation sites (tertiary alicyclic amines) is 1. The molecule has 0 radical (unpaired) electrons. The Hall–Kier alpha value is -3.62. The van der Waals surface area contributed by atoms with Gasteiger partial charge in [-0.2, -0.15) is 10.2 Å². The van der Waals surface area contributed by atoms with Crippen molar-refractivity contribution in [1.29, 1.82) is 0 Å². The average molecular weight is 437 g/mol. The number of H-pyrrole nitrogens is 1. The zero-order valence-corrected chi connectivity index (χ0v) is 18.8. The van der Waals surface area contributed by atoms with Crippen LogP contribution in [0.4, 0.5) is 0 Å². The lowest BCUT2D eigenvalue weighted by atomic mass is 9.98. The quantitative estimate of drug-likeness (QED) is 0.592. The molecular weight excluding hydrogens is 408 g/mol. The summed E-state index contributed by atoms with van der Waals surface area (Å²) in [7, 11) is 1.60. The normalized spacial score (nSPS) is 14.7. The van der Waals surface area contributed by atoms with Crippen LogP contribution in [-0.2, 0) is 4.79 Å². The van der Waals surface area contributed by atoms with Crippen molar-refractivity contribution in [1.82, 2.24) is 30.2 Å². The first-order valence-electron chi connectivity index (χ1n) is 10.7. The van der Waals surface area contributed by atoms with Crippen LogP contribution < -0.4 is 10.1 Å². The molecule has 1 aliphatic heterocycles. The van der Waals surface area contributed by atoms with Crippen LogP contribution in [0.5, 0.6) is 5.75 Å². The first-order chi connectivity index (χ1) is 15.4. The Bertz CT molecular complexity index is 1130. The van der Waals surface area contributed by atoms with Crippen LogP contribution in [0.1, 0.15) is 34.8 Å². The van der Waals surface area contributed by atoms with Gasteiger partial charge < -0.3 is 15.0 Å². The van der Waals surface area contributed by atoms with Crippen LogP contribution >= 0.6 is 0 Å². The van der Waals surface area contributed by atoms with E-state index in [4.69, 9.17) is 4.74 Å². The molecule has 0 aliphatic carbocycles. The molecule has 3 heterocycles. The highest BCUT2D eigenvalue weighted by Crippen LogP contribution is 2.29. The first-order valence-corrected chi connectivity index (χ1v) is 10.7. The second kappa shape index (κ2) is 8.86. The molecule has 2 aromatic heterocycles. The Morgan fingerprint density at radius 3 is 2.69 bits per heavy atom. The number of nitrogens with one attached hydrogen (secondary N) is 2. The molecule has 4 rings (SSSR count).